The molecule has 27 heavy (non-hydrogen) atoms. The van der Waals surface area contributed by atoms with Crippen LogP contribution in [0.2, 0.25) is 0 Å². The summed E-state index contributed by atoms with van der Waals surface area (Å²) in [5, 5.41) is 6.23. The molecule has 7 nitrogen and oxygen atoms in total. The predicted molar refractivity (Wildman–Crippen MR) is 101 cm³/mol. The quantitative estimate of drug-likeness (QED) is 0.810. The Bertz CT molecular complexity index is 677. The fourth-order valence-corrected chi connectivity index (χ4v) is 3.87. The van der Waals surface area contributed by atoms with Crippen molar-refractivity contribution in [3.05, 3.63) is 23.7 Å². The fraction of sp³-hybridized carbons (Fsp3) is 0.700. The maximum atomic E-state index is 13.0. The number of piperazine rings is 1. The van der Waals surface area contributed by atoms with Crippen molar-refractivity contribution in [2.75, 3.05) is 32.7 Å². The molecule has 0 radical (unpaired) electrons. The SMILES string of the molecule is CC1CCN(Cc2ccc(C(=O)N3CCNCC3C(=O)NC3CC3)o2)CC1. The summed E-state index contributed by atoms with van der Waals surface area (Å²) in [6.45, 7) is 6.89. The largest absolute Gasteiger partial charge is 0.455 e. The molecule has 2 amide bonds. The van der Waals surface area contributed by atoms with Crippen molar-refractivity contribution >= 4 is 11.8 Å². The molecule has 1 aliphatic carbocycles. The van der Waals surface area contributed by atoms with Gasteiger partial charge in [0.05, 0.1) is 6.54 Å². The number of amides is 2. The van der Waals surface area contributed by atoms with Gasteiger partial charge in [-0.1, -0.05) is 6.92 Å². The van der Waals surface area contributed by atoms with E-state index in [1.165, 1.54) is 12.8 Å². The van der Waals surface area contributed by atoms with Gasteiger partial charge in [-0.15, -0.1) is 0 Å². The first-order valence-electron chi connectivity index (χ1n) is 10.2. The Morgan fingerprint density at radius 2 is 1.96 bits per heavy atom. The van der Waals surface area contributed by atoms with Gasteiger partial charge >= 0.3 is 0 Å². The monoisotopic (exact) mass is 374 g/mol. The van der Waals surface area contributed by atoms with Gasteiger partial charge in [0.2, 0.25) is 5.91 Å². The van der Waals surface area contributed by atoms with Crippen LogP contribution >= 0.6 is 0 Å². The second kappa shape index (κ2) is 8.02. The Morgan fingerprint density at radius 3 is 2.70 bits per heavy atom. The molecule has 1 aromatic rings. The van der Waals surface area contributed by atoms with Crippen LogP contribution in [0, 0.1) is 5.92 Å². The number of nitrogens with one attached hydrogen (secondary N) is 2. The lowest BCUT2D eigenvalue weighted by Crippen LogP contribution is -2.59. The molecule has 0 bridgehead atoms. The summed E-state index contributed by atoms with van der Waals surface area (Å²) in [6, 6.07) is 3.47. The molecule has 7 heteroatoms. The molecule has 1 atom stereocenters. The number of hydrogen-bond acceptors (Lipinski definition) is 5. The van der Waals surface area contributed by atoms with Gasteiger partial charge in [-0.2, -0.15) is 0 Å². The summed E-state index contributed by atoms with van der Waals surface area (Å²) < 4.78 is 5.86. The van der Waals surface area contributed by atoms with Crippen LogP contribution < -0.4 is 10.6 Å². The summed E-state index contributed by atoms with van der Waals surface area (Å²) in [4.78, 5) is 29.5. The van der Waals surface area contributed by atoms with E-state index in [-0.39, 0.29) is 11.8 Å². The zero-order valence-corrected chi connectivity index (χ0v) is 16.1. The number of hydrogen-bond donors (Lipinski definition) is 2. The first-order valence-corrected chi connectivity index (χ1v) is 10.2. The Balaban J connectivity index is 1.38. The lowest BCUT2D eigenvalue weighted by molar-refractivity contribution is -0.126. The van der Waals surface area contributed by atoms with Gasteiger partial charge in [0.1, 0.15) is 11.8 Å². The molecular formula is C20H30N4O3. The number of rotatable bonds is 5. The molecule has 1 unspecified atom stereocenters. The Labute approximate surface area is 160 Å². The molecule has 4 rings (SSSR count). The molecule has 148 valence electrons. The molecule has 1 aromatic heterocycles. The second-order valence-electron chi connectivity index (χ2n) is 8.23. The summed E-state index contributed by atoms with van der Waals surface area (Å²) in [6.07, 6.45) is 4.50. The van der Waals surface area contributed by atoms with Crippen molar-refractivity contribution in [1.29, 1.82) is 0 Å². The van der Waals surface area contributed by atoms with Gasteiger partial charge in [-0.3, -0.25) is 14.5 Å². The number of furan rings is 1. The van der Waals surface area contributed by atoms with Crippen LogP contribution in [0.3, 0.4) is 0 Å². The van der Waals surface area contributed by atoms with E-state index in [1.807, 2.05) is 6.07 Å². The summed E-state index contributed by atoms with van der Waals surface area (Å²) in [5.41, 5.74) is 0. The van der Waals surface area contributed by atoms with Crippen LogP contribution in [-0.4, -0.2) is 66.4 Å². The van der Waals surface area contributed by atoms with Gasteiger partial charge in [0.25, 0.3) is 5.91 Å². The smallest absolute Gasteiger partial charge is 0.290 e. The average molecular weight is 374 g/mol. The van der Waals surface area contributed by atoms with Crippen molar-refractivity contribution in [2.45, 2.75) is 51.2 Å². The lowest BCUT2D eigenvalue weighted by atomic mass is 9.99. The van der Waals surface area contributed by atoms with E-state index in [9.17, 15) is 9.59 Å². The molecule has 3 aliphatic rings. The summed E-state index contributed by atoms with van der Waals surface area (Å²) in [5.74, 6) is 1.70. The number of likely N-dealkylation sites (tertiary alicyclic amines) is 1. The number of carbonyl (C=O) groups is 2. The first kappa shape index (κ1) is 18.5. The van der Waals surface area contributed by atoms with Crippen molar-refractivity contribution in [2.24, 2.45) is 5.92 Å². The van der Waals surface area contributed by atoms with Gasteiger partial charge in [0, 0.05) is 25.7 Å². The maximum absolute atomic E-state index is 13.0. The maximum Gasteiger partial charge on any atom is 0.290 e. The summed E-state index contributed by atoms with van der Waals surface area (Å²) in [7, 11) is 0. The molecule has 3 fully saturated rings. The highest BCUT2D eigenvalue weighted by molar-refractivity contribution is 5.96. The van der Waals surface area contributed by atoms with Gasteiger partial charge in [-0.25, -0.2) is 0 Å². The van der Waals surface area contributed by atoms with Crippen molar-refractivity contribution in [1.82, 2.24) is 20.4 Å². The van der Waals surface area contributed by atoms with Crippen molar-refractivity contribution < 1.29 is 14.0 Å². The summed E-state index contributed by atoms with van der Waals surface area (Å²) >= 11 is 0. The fourth-order valence-electron chi connectivity index (χ4n) is 3.87. The standard InChI is InChI=1S/C20H30N4O3/c1-14-6-9-23(10-7-14)13-16-4-5-18(27-16)20(26)24-11-8-21-12-17(24)19(25)22-15-2-3-15/h4-5,14-15,17,21H,2-3,6-13H2,1H3,(H,22,25). The highest BCUT2D eigenvalue weighted by Gasteiger charge is 2.36. The zero-order chi connectivity index (χ0) is 18.8. The van der Waals surface area contributed by atoms with Gasteiger partial charge in [-0.05, 0) is 56.8 Å². The molecule has 0 aromatic carbocycles. The normalized spacial score (nSPS) is 24.8. The third-order valence-corrected chi connectivity index (χ3v) is 5.86. The first-order chi connectivity index (χ1) is 13.1. The predicted octanol–water partition coefficient (Wildman–Crippen LogP) is 1.20. The van der Waals surface area contributed by atoms with Crippen LogP contribution in [0.25, 0.3) is 0 Å². The second-order valence-corrected chi connectivity index (χ2v) is 8.23. The average Bonchev–Trinajstić information content (AvgIpc) is 3.38. The molecule has 2 N–H and O–H groups in total. The Morgan fingerprint density at radius 1 is 1.19 bits per heavy atom. The highest BCUT2D eigenvalue weighted by atomic mass is 16.4. The minimum atomic E-state index is -0.469. The molecule has 2 aliphatic heterocycles. The number of carbonyl (C=O) groups excluding carboxylic acids is 2. The van der Waals surface area contributed by atoms with Crippen molar-refractivity contribution in [3.63, 3.8) is 0 Å². The molecule has 1 saturated carbocycles. The third kappa shape index (κ3) is 4.52. The zero-order valence-electron chi connectivity index (χ0n) is 16.1. The molecule has 2 saturated heterocycles. The minimum Gasteiger partial charge on any atom is -0.455 e. The molecule has 3 heterocycles. The minimum absolute atomic E-state index is 0.0627. The topological polar surface area (TPSA) is 77.8 Å². The van der Waals surface area contributed by atoms with E-state index in [4.69, 9.17) is 4.42 Å². The van der Waals surface area contributed by atoms with Gasteiger partial charge < -0.3 is 20.0 Å². The highest BCUT2D eigenvalue weighted by Crippen LogP contribution is 2.22. The number of piperidine rings is 1. The Hall–Kier alpha value is -1.86. The van der Waals surface area contributed by atoms with E-state index < -0.39 is 6.04 Å². The van der Waals surface area contributed by atoms with Gasteiger partial charge in [0.15, 0.2) is 5.76 Å². The van der Waals surface area contributed by atoms with E-state index in [0.717, 1.165) is 44.2 Å². The number of nitrogens with zero attached hydrogens (tertiary/aromatic N) is 2. The molecular weight excluding hydrogens is 344 g/mol. The van der Waals surface area contributed by atoms with Crippen LogP contribution in [-0.2, 0) is 11.3 Å². The van der Waals surface area contributed by atoms with E-state index in [1.54, 1.807) is 11.0 Å². The third-order valence-electron chi connectivity index (χ3n) is 5.86. The van der Waals surface area contributed by atoms with Crippen LogP contribution in [0.5, 0.6) is 0 Å². The van der Waals surface area contributed by atoms with Crippen LogP contribution in [0.1, 0.15) is 48.9 Å². The van der Waals surface area contributed by atoms with E-state index in [0.29, 0.717) is 31.4 Å². The van der Waals surface area contributed by atoms with E-state index in [2.05, 4.69) is 22.5 Å². The van der Waals surface area contributed by atoms with Crippen molar-refractivity contribution in [3.8, 4) is 0 Å². The Kier molecular flexibility index (Phi) is 5.50. The lowest BCUT2D eigenvalue weighted by Gasteiger charge is -2.34. The van der Waals surface area contributed by atoms with E-state index >= 15 is 0 Å². The van der Waals surface area contributed by atoms with Crippen LogP contribution in [0.15, 0.2) is 16.5 Å². The molecule has 0 spiro atoms. The van der Waals surface area contributed by atoms with Crippen LogP contribution in [0.4, 0.5) is 0 Å².